The van der Waals surface area contributed by atoms with Gasteiger partial charge in [0.1, 0.15) is 5.75 Å². The normalized spacial score (nSPS) is 10.4. The number of nitrogens with one attached hydrogen (secondary N) is 1. The number of hydrogen-bond donors (Lipinski definition) is 1. The van der Waals surface area contributed by atoms with Gasteiger partial charge in [0.25, 0.3) is 5.91 Å². The number of carbonyl (C=O) groups excluding carboxylic acids is 1. The molecule has 0 aromatic heterocycles. The van der Waals surface area contributed by atoms with Gasteiger partial charge in [0.2, 0.25) is 0 Å². The first-order valence-corrected chi connectivity index (χ1v) is 7.94. The molecule has 0 fully saturated rings. The Bertz CT molecular complexity index is 609. The molecule has 0 saturated heterocycles. The highest BCUT2D eigenvalue weighted by atomic mass is 16.5. The van der Waals surface area contributed by atoms with Gasteiger partial charge in [-0.05, 0) is 57.2 Å². The second kappa shape index (κ2) is 8.22. The van der Waals surface area contributed by atoms with Crippen molar-refractivity contribution < 1.29 is 9.53 Å². The lowest BCUT2D eigenvalue weighted by Gasteiger charge is -2.27. The average Bonchev–Trinajstić information content (AvgIpc) is 2.56. The number of anilines is 2. The quantitative estimate of drug-likeness (QED) is 0.842. The Morgan fingerprint density at radius 3 is 2.30 bits per heavy atom. The zero-order valence-electron chi connectivity index (χ0n) is 14.0. The van der Waals surface area contributed by atoms with Crippen molar-refractivity contribution >= 4 is 17.3 Å². The monoisotopic (exact) mass is 312 g/mol. The smallest absolute Gasteiger partial charge is 0.262 e. The maximum Gasteiger partial charge on any atom is 0.262 e. The van der Waals surface area contributed by atoms with E-state index in [9.17, 15) is 4.79 Å². The van der Waals surface area contributed by atoms with E-state index in [0.717, 1.165) is 17.9 Å². The van der Waals surface area contributed by atoms with Crippen molar-refractivity contribution in [1.82, 2.24) is 0 Å². The summed E-state index contributed by atoms with van der Waals surface area (Å²) in [7, 11) is 0. The van der Waals surface area contributed by atoms with E-state index in [1.165, 1.54) is 0 Å². The molecule has 4 heteroatoms. The molecular formula is C19H24N2O2. The summed E-state index contributed by atoms with van der Waals surface area (Å²) in [5.74, 6) is 0.520. The zero-order valence-corrected chi connectivity index (χ0v) is 14.0. The summed E-state index contributed by atoms with van der Waals surface area (Å²) >= 11 is 0. The fourth-order valence-corrected chi connectivity index (χ4v) is 2.44. The molecule has 0 atom stereocenters. The van der Waals surface area contributed by atoms with Crippen LogP contribution >= 0.6 is 0 Å². The summed E-state index contributed by atoms with van der Waals surface area (Å²) in [6, 6.07) is 17.6. The predicted molar refractivity (Wildman–Crippen MR) is 95.2 cm³/mol. The Kier molecular flexibility index (Phi) is 6.03. The van der Waals surface area contributed by atoms with E-state index in [1.54, 1.807) is 0 Å². The second-order valence-electron chi connectivity index (χ2n) is 5.58. The first-order chi connectivity index (χ1) is 11.1. The van der Waals surface area contributed by atoms with Crippen molar-refractivity contribution in [3.05, 3.63) is 54.6 Å². The lowest BCUT2D eigenvalue weighted by Crippen LogP contribution is -2.30. The molecular weight excluding hydrogens is 288 g/mol. The molecule has 0 saturated carbocycles. The van der Waals surface area contributed by atoms with Gasteiger partial charge in [-0.25, -0.2) is 0 Å². The molecule has 122 valence electrons. The van der Waals surface area contributed by atoms with Crippen molar-refractivity contribution in [3.63, 3.8) is 0 Å². The van der Waals surface area contributed by atoms with Gasteiger partial charge in [-0.1, -0.05) is 18.2 Å². The van der Waals surface area contributed by atoms with Crippen LogP contribution in [0.1, 0.15) is 20.8 Å². The van der Waals surface area contributed by atoms with Crippen LogP contribution in [-0.4, -0.2) is 25.1 Å². The standard InChI is InChI=1S/C19H24N2O2/c1-4-21(15(2)3)17-12-10-16(11-13-17)20-19(22)14-23-18-8-6-5-7-9-18/h5-13,15H,4,14H2,1-3H3,(H,20,22). The first kappa shape index (κ1) is 16.9. The van der Waals surface area contributed by atoms with Crippen LogP contribution in [0.2, 0.25) is 0 Å². The summed E-state index contributed by atoms with van der Waals surface area (Å²) in [6.07, 6.45) is 0. The molecule has 2 aromatic rings. The number of carbonyl (C=O) groups is 1. The van der Waals surface area contributed by atoms with Crippen molar-refractivity contribution in [1.29, 1.82) is 0 Å². The summed E-state index contributed by atoms with van der Waals surface area (Å²) in [5, 5.41) is 2.84. The number of benzene rings is 2. The van der Waals surface area contributed by atoms with Crippen LogP contribution in [-0.2, 0) is 4.79 Å². The number of amides is 1. The highest BCUT2D eigenvalue weighted by Crippen LogP contribution is 2.20. The van der Waals surface area contributed by atoms with E-state index in [0.29, 0.717) is 11.8 Å². The van der Waals surface area contributed by atoms with E-state index in [1.807, 2.05) is 54.6 Å². The highest BCUT2D eigenvalue weighted by molar-refractivity contribution is 5.92. The fraction of sp³-hybridized carbons (Fsp3) is 0.316. The molecule has 0 heterocycles. The van der Waals surface area contributed by atoms with Gasteiger partial charge in [0.15, 0.2) is 6.61 Å². The second-order valence-corrected chi connectivity index (χ2v) is 5.58. The van der Waals surface area contributed by atoms with E-state index >= 15 is 0 Å². The van der Waals surface area contributed by atoms with Gasteiger partial charge >= 0.3 is 0 Å². The van der Waals surface area contributed by atoms with Gasteiger partial charge in [-0.15, -0.1) is 0 Å². The van der Waals surface area contributed by atoms with E-state index < -0.39 is 0 Å². The maximum absolute atomic E-state index is 11.9. The SMILES string of the molecule is CCN(c1ccc(NC(=O)COc2ccccc2)cc1)C(C)C. The van der Waals surface area contributed by atoms with Crippen LogP contribution in [0.5, 0.6) is 5.75 Å². The molecule has 2 rings (SSSR count). The lowest BCUT2D eigenvalue weighted by molar-refractivity contribution is -0.118. The molecule has 1 N–H and O–H groups in total. The van der Waals surface area contributed by atoms with Crippen LogP contribution in [0, 0.1) is 0 Å². The number of ether oxygens (including phenoxy) is 1. The Hall–Kier alpha value is -2.49. The largest absolute Gasteiger partial charge is 0.484 e. The summed E-state index contributed by atoms with van der Waals surface area (Å²) in [4.78, 5) is 14.2. The highest BCUT2D eigenvalue weighted by Gasteiger charge is 2.09. The van der Waals surface area contributed by atoms with Gasteiger partial charge in [0, 0.05) is 24.0 Å². The minimum atomic E-state index is -0.169. The molecule has 2 aromatic carbocycles. The minimum absolute atomic E-state index is 0.00115. The Morgan fingerprint density at radius 2 is 1.74 bits per heavy atom. The van der Waals surface area contributed by atoms with Crippen LogP contribution < -0.4 is 15.0 Å². The van der Waals surface area contributed by atoms with Crippen LogP contribution in [0.15, 0.2) is 54.6 Å². The summed E-state index contributed by atoms with van der Waals surface area (Å²) in [5.41, 5.74) is 1.93. The summed E-state index contributed by atoms with van der Waals surface area (Å²) < 4.78 is 5.43. The first-order valence-electron chi connectivity index (χ1n) is 7.94. The van der Waals surface area contributed by atoms with Gasteiger partial charge in [-0.3, -0.25) is 4.79 Å². The van der Waals surface area contributed by atoms with Crippen LogP contribution in [0.4, 0.5) is 11.4 Å². The fourth-order valence-electron chi connectivity index (χ4n) is 2.44. The van der Waals surface area contributed by atoms with Gasteiger partial charge in [0.05, 0.1) is 0 Å². The molecule has 23 heavy (non-hydrogen) atoms. The molecule has 0 unspecified atom stereocenters. The van der Waals surface area contributed by atoms with E-state index in [-0.39, 0.29) is 12.5 Å². The van der Waals surface area contributed by atoms with Gasteiger partial charge in [-0.2, -0.15) is 0 Å². The summed E-state index contributed by atoms with van der Waals surface area (Å²) in [6.45, 7) is 7.42. The number of nitrogens with zero attached hydrogens (tertiary/aromatic N) is 1. The third kappa shape index (κ3) is 5.02. The van der Waals surface area contributed by atoms with E-state index in [4.69, 9.17) is 4.74 Å². The molecule has 1 amide bonds. The van der Waals surface area contributed by atoms with Crippen molar-refractivity contribution in [3.8, 4) is 5.75 Å². The molecule has 0 aliphatic rings. The Morgan fingerprint density at radius 1 is 1.09 bits per heavy atom. The van der Waals surface area contributed by atoms with Crippen molar-refractivity contribution in [2.24, 2.45) is 0 Å². The zero-order chi connectivity index (χ0) is 16.7. The molecule has 4 nitrogen and oxygen atoms in total. The lowest BCUT2D eigenvalue weighted by atomic mass is 10.2. The Labute approximate surface area is 138 Å². The van der Waals surface area contributed by atoms with Crippen molar-refractivity contribution in [2.45, 2.75) is 26.8 Å². The molecule has 0 aliphatic carbocycles. The van der Waals surface area contributed by atoms with Gasteiger partial charge < -0.3 is 15.0 Å². The molecule has 0 radical (unpaired) electrons. The minimum Gasteiger partial charge on any atom is -0.484 e. The van der Waals surface area contributed by atoms with E-state index in [2.05, 4.69) is 31.0 Å². The van der Waals surface area contributed by atoms with Crippen LogP contribution in [0.3, 0.4) is 0 Å². The number of para-hydroxylation sites is 1. The predicted octanol–water partition coefficient (Wildman–Crippen LogP) is 3.94. The maximum atomic E-state index is 11.9. The molecule has 0 spiro atoms. The molecule has 0 aliphatic heterocycles. The van der Waals surface area contributed by atoms with Crippen molar-refractivity contribution in [2.75, 3.05) is 23.4 Å². The third-order valence-electron chi connectivity index (χ3n) is 3.56. The number of rotatable bonds is 7. The third-order valence-corrected chi connectivity index (χ3v) is 3.56. The molecule has 0 bridgehead atoms. The van der Waals surface area contributed by atoms with Crippen LogP contribution in [0.25, 0.3) is 0 Å². The number of hydrogen-bond acceptors (Lipinski definition) is 3. The Balaban J connectivity index is 1.89. The average molecular weight is 312 g/mol. The topological polar surface area (TPSA) is 41.6 Å².